The highest BCUT2D eigenvalue weighted by molar-refractivity contribution is 9.10. The van der Waals surface area contributed by atoms with Crippen molar-refractivity contribution in [1.29, 1.82) is 0 Å². The normalized spacial score (nSPS) is 10.2. The summed E-state index contributed by atoms with van der Waals surface area (Å²) in [6.45, 7) is 1.92. The largest absolute Gasteiger partial charge is 0.461 e. The Bertz CT molecular complexity index is 639. The molecule has 1 aromatic carbocycles. The molecule has 0 aliphatic carbocycles. The summed E-state index contributed by atoms with van der Waals surface area (Å²) in [5, 5.41) is 10.1. The maximum absolute atomic E-state index is 11.8. The molecule has 0 saturated heterocycles. The quantitative estimate of drug-likeness (QED) is 0.830. The first-order valence-corrected chi connectivity index (χ1v) is 7.00. The van der Waals surface area contributed by atoms with Crippen LogP contribution in [0.1, 0.15) is 17.4 Å². The number of amides is 1. The van der Waals surface area contributed by atoms with Crippen molar-refractivity contribution in [2.24, 2.45) is 0 Å². The van der Waals surface area contributed by atoms with Gasteiger partial charge in [-0.3, -0.25) is 4.79 Å². The van der Waals surface area contributed by atoms with Gasteiger partial charge in [-0.2, -0.15) is 0 Å². The molecule has 2 aromatic rings. The predicted molar refractivity (Wildman–Crippen MR) is 78.8 cm³/mol. The average Bonchev–Trinajstić information content (AvgIpc) is 2.90. The van der Waals surface area contributed by atoms with Crippen molar-refractivity contribution >= 4 is 33.5 Å². The minimum Gasteiger partial charge on any atom is -0.461 e. The van der Waals surface area contributed by atoms with E-state index in [2.05, 4.69) is 31.6 Å². The summed E-state index contributed by atoms with van der Waals surface area (Å²) in [5.41, 5.74) is 0.752. The number of carbonyl (C=O) groups is 2. The molecule has 7 nitrogen and oxygen atoms in total. The van der Waals surface area contributed by atoms with Gasteiger partial charge in [0.25, 0.3) is 0 Å². The summed E-state index contributed by atoms with van der Waals surface area (Å²) in [7, 11) is 0. The lowest BCUT2D eigenvalue weighted by molar-refractivity contribution is -0.116. The van der Waals surface area contributed by atoms with Gasteiger partial charge in [0, 0.05) is 10.2 Å². The van der Waals surface area contributed by atoms with Gasteiger partial charge in [-0.05, 0) is 31.2 Å². The number of hydrogen-bond donors (Lipinski definition) is 1. The van der Waals surface area contributed by atoms with Gasteiger partial charge in [-0.15, -0.1) is 5.10 Å². The summed E-state index contributed by atoms with van der Waals surface area (Å²) in [4.78, 5) is 23.3. The topological polar surface area (TPSA) is 86.1 Å². The molecule has 0 unspecified atom stereocenters. The molecule has 0 aliphatic rings. The van der Waals surface area contributed by atoms with Crippen molar-refractivity contribution in [2.45, 2.75) is 13.5 Å². The zero-order valence-corrected chi connectivity index (χ0v) is 12.8. The van der Waals surface area contributed by atoms with Crippen LogP contribution in [-0.2, 0) is 16.1 Å². The molecule has 0 aliphatic heterocycles. The molecular formula is C13H13BrN4O3. The van der Waals surface area contributed by atoms with Crippen LogP contribution in [-0.4, -0.2) is 33.5 Å². The number of ether oxygens (including phenoxy) is 1. The van der Waals surface area contributed by atoms with Crippen molar-refractivity contribution in [3.8, 4) is 0 Å². The summed E-state index contributed by atoms with van der Waals surface area (Å²) >= 11 is 3.32. The van der Waals surface area contributed by atoms with Crippen molar-refractivity contribution in [1.82, 2.24) is 15.0 Å². The monoisotopic (exact) mass is 352 g/mol. The lowest BCUT2D eigenvalue weighted by Gasteiger charge is -2.04. The number of halogens is 1. The van der Waals surface area contributed by atoms with Crippen LogP contribution in [0.3, 0.4) is 0 Å². The molecule has 0 atom stereocenters. The van der Waals surface area contributed by atoms with E-state index in [9.17, 15) is 9.59 Å². The summed E-state index contributed by atoms with van der Waals surface area (Å²) < 4.78 is 7.00. The molecular weight excluding hydrogens is 340 g/mol. The predicted octanol–water partition coefficient (Wildman–Crippen LogP) is 1.86. The molecule has 21 heavy (non-hydrogen) atoms. The zero-order valence-electron chi connectivity index (χ0n) is 11.2. The number of esters is 1. The Kier molecular flexibility index (Phi) is 5.04. The molecule has 0 spiro atoms. The first-order chi connectivity index (χ1) is 10.1. The molecule has 2 rings (SSSR count). The van der Waals surface area contributed by atoms with Gasteiger partial charge in [0.1, 0.15) is 6.54 Å². The second-order valence-corrected chi connectivity index (χ2v) is 4.99. The first-order valence-electron chi connectivity index (χ1n) is 6.21. The third kappa shape index (κ3) is 4.38. The fourth-order valence-corrected chi connectivity index (χ4v) is 1.82. The fourth-order valence-electron chi connectivity index (χ4n) is 1.56. The standard InChI is InChI=1S/C13H13BrN4O3/c1-2-21-13(20)11-7-18(17-16-11)8-12(19)15-10-5-3-9(14)4-6-10/h3-7H,2,8H2,1H3,(H,15,19). The average molecular weight is 353 g/mol. The number of aromatic nitrogens is 3. The maximum atomic E-state index is 11.8. The summed E-state index contributed by atoms with van der Waals surface area (Å²) in [6.07, 6.45) is 1.37. The van der Waals surface area contributed by atoms with E-state index in [4.69, 9.17) is 4.74 Å². The highest BCUT2D eigenvalue weighted by Crippen LogP contribution is 2.14. The van der Waals surface area contributed by atoms with Crippen molar-refractivity contribution in [3.05, 3.63) is 40.6 Å². The zero-order chi connectivity index (χ0) is 15.2. The van der Waals surface area contributed by atoms with Gasteiger partial charge in [0.05, 0.1) is 12.8 Å². The number of nitrogens with one attached hydrogen (secondary N) is 1. The Morgan fingerprint density at radius 1 is 1.33 bits per heavy atom. The van der Waals surface area contributed by atoms with Crippen LogP contribution < -0.4 is 5.32 Å². The molecule has 0 saturated carbocycles. The third-order valence-corrected chi connectivity index (χ3v) is 2.99. The Labute approximate surface area is 129 Å². The van der Waals surface area contributed by atoms with E-state index in [1.807, 2.05) is 12.1 Å². The molecule has 0 radical (unpaired) electrons. The molecule has 110 valence electrons. The Morgan fingerprint density at radius 2 is 2.05 bits per heavy atom. The highest BCUT2D eigenvalue weighted by atomic mass is 79.9. The van der Waals surface area contributed by atoms with Gasteiger partial charge in [0.2, 0.25) is 5.91 Å². The Morgan fingerprint density at radius 3 is 2.71 bits per heavy atom. The van der Waals surface area contributed by atoms with Gasteiger partial charge in [-0.25, -0.2) is 9.48 Å². The second-order valence-electron chi connectivity index (χ2n) is 4.08. The van der Waals surface area contributed by atoms with Crippen LogP contribution in [0.2, 0.25) is 0 Å². The Hall–Kier alpha value is -2.22. The number of rotatable bonds is 5. The number of carbonyl (C=O) groups excluding carboxylic acids is 2. The van der Waals surface area contributed by atoms with Gasteiger partial charge in [0.15, 0.2) is 5.69 Å². The van der Waals surface area contributed by atoms with Crippen LogP contribution in [0.4, 0.5) is 5.69 Å². The van der Waals surface area contributed by atoms with Crippen molar-refractivity contribution in [3.63, 3.8) is 0 Å². The lowest BCUT2D eigenvalue weighted by Crippen LogP contribution is -2.19. The van der Waals surface area contributed by atoms with Crippen molar-refractivity contribution < 1.29 is 14.3 Å². The van der Waals surface area contributed by atoms with E-state index < -0.39 is 5.97 Å². The van der Waals surface area contributed by atoms with Crippen LogP contribution in [0.15, 0.2) is 34.9 Å². The van der Waals surface area contributed by atoms with E-state index in [-0.39, 0.29) is 24.8 Å². The molecule has 1 N–H and O–H groups in total. The molecule has 1 aromatic heterocycles. The summed E-state index contributed by atoms with van der Waals surface area (Å²) in [6, 6.07) is 7.19. The van der Waals surface area contributed by atoms with Gasteiger partial charge >= 0.3 is 5.97 Å². The van der Waals surface area contributed by atoms with Gasteiger partial charge in [-0.1, -0.05) is 21.1 Å². The van der Waals surface area contributed by atoms with E-state index in [1.165, 1.54) is 10.9 Å². The molecule has 8 heteroatoms. The Balaban J connectivity index is 1.93. The molecule has 0 fully saturated rings. The summed E-state index contributed by atoms with van der Waals surface area (Å²) in [5.74, 6) is -0.824. The van der Waals surface area contributed by atoms with Crippen molar-refractivity contribution in [2.75, 3.05) is 11.9 Å². The third-order valence-electron chi connectivity index (χ3n) is 2.46. The van der Waals surface area contributed by atoms with Crippen LogP contribution >= 0.6 is 15.9 Å². The molecule has 1 amide bonds. The minimum atomic E-state index is -0.558. The van der Waals surface area contributed by atoms with E-state index in [0.29, 0.717) is 5.69 Å². The van der Waals surface area contributed by atoms with E-state index in [1.54, 1.807) is 19.1 Å². The number of hydrogen-bond acceptors (Lipinski definition) is 5. The van der Waals surface area contributed by atoms with E-state index in [0.717, 1.165) is 4.47 Å². The first kappa shape index (κ1) is 15.2. The lowest BCUT2D eigenvalue weighted by atomic mass is 10.3. The maximum Gasteiger partial charge on any atom is 0.360 e. The van der Waals surface area contributed by atoms with E-state index >= 15 is 0 Å². The van der Waals surface area contributed by atoms with Gasteiger partial charge < -0.3 is 10.1 Å². The van der Waals surface area contributed by atoms with Crippen LogP contribution in [0, 0.1) is 0 Å². The minimum absolute atomic E-state index is 0.0392. The van der Waals surface area contributed by atoms with Crippen LogP contribution in [0.25, 0.3) is 0 Å². The number of benzene rings is 1. The molecule has 1 heterocycles. The highest BCUT2D eigenvalue weighted by Gasteiger charge is 2.13. The smallest absolute Gasteiger partial charge is 0.360 e. The number of anilines is 1. The number of nitrogens with zero attached hydrogens (tertiary/aromatic N) is 3. The fraction of sp³-hybridized carbons (Fsp3) is 0.231. The van der Waals surface area contributed by atoms with Crippen LogP contribution in [0.5, 0.6) is 0 Å². The second kappa shape index (κ2) is 6.98. The molecule has 0 bridgehead atoms. The SMILES string of the molecule is CCOC(=O)c1cn(CC(=O)Nc2ccc(Br)cc2)nn1.